The lowest BCUT2D eigenvalue weighted by atomic mass is 9.49. The van der Waals surface area contributed by atoms with Gasteiger partial charge in [-0.05, 0) is 83.2 Å². The number of alkyl carbamates (subject to hydrolysis) is 1. The Balaban J connectivity index is 1.58. The standard InChI is InChI=1S/C46H63NO15/c1-13-32-58-30-20-31-46(22-55-31,61-26(6)49)36-38(60-39(51)27-17-15-14-16-18-27)45(43(10,11)54)21-29(24(4)33(45)35(56-25(5)48)37(59-32)44(30,36)12)57-40(52)34(50)28(19-23(2)3)47-41(53)62-42(7,8)9/h13-18,23,28-32,34-38,50,54H,1,19-22H2,2-12H3,(H,47,53)/t28?,29-,30?,31?,32+,34+,35-,36?,37?,38-,44?,45-,46-/m0/s1. The normalized spacial score (nSPS) is 34.7. The number of carbonyl (C=O) groups excluding carboxylic acids is 5. The molecule has 2 saturated heterocycles. The van der Waals surface area contributed by atoms with Gasteiger partial charge in [-0.1, -0.05) is 45.5 Å². The van der Waals surface area contributed by atoms with Crippen LogP contribution in [0.2, 0.25) is 0 Å². The molecule has 16 heteroatoms. The molecule has 16 nitrogen and oxygen atoms in total. The molecule has 62 heavy (non-hydrogen) atoms. The number of aliphatic hydroxyl groups excluding tert-OH is 1. The molecule has 4 fully saturated rings. The molecule has 2 aliphatic heterocycles. The summed E-state index contributed by atoms with van der Waals surface area (Å²) in [7, 11) is 0. The van der Waals surface area contributed by atoms with Crippen molar-refractivity contribution < 1.29 is 72.1 Å². The molecule has 0 spiro atoms. The average Bonchev–Trinajstić information content (AvgIpc) is 3.41. The highest BCUT2D eigenvalue weighted by atomic mass is 16.7. The Bertz CT molecular complexity index is 1950. The number of ether oxygens (including phenoxy) is 8. The van der Waals surface area contributed by atoms with Crippen LogP contribution in [0.3, 0.4) is 0 Å². The number of nitrogens with one attached hydrogen (secondary N) is 1. The number of hydrogen-bond donors (Lipinski definition) is 3. The van der Waals surface area contributed by atoms with Crippen LogP contribution in [0.4, 0.5) is 4.79 Å². The van der Waals surface area contributed by atoms with E-state index in [4.69, 9.17) is 37.9 Å². The smallest absolute Gasteiger partial charge is 0.407 e. The van der Waals surface area contributed by atoms with Crippen molar-refractivity contribution in [1.29, 1.82) is 0 Å². The summed E-state index contributed by atoms with van der Waals surface area (Å²) in [4.78, 5) is 68.3. The van der Waals surface area contributed by atoms with Crippen molar-refractivity contribution in [2.75, 3.05) is 6.61 Å². The first-order valence-electron chi connectivity index (χ1n) is 21.3. The first kappa shape index (κ1) is 47.1. The maximum absolute atomic E-state index is 14.6. The molecule has 13 atom stereocenters. The van der Waals surface area contributed by atoms with E-state index in [-0.39, 0.29) is 42.9 Å². The van der Waals surface area contributed by atoms with Crippen molar-refractivity contribution in [3.05, 3.63) is 59.7 Å². The predicted octanol–water partition coefficient (Wildman–Crippen LogP) is 4.87. The molecule has 0 radical (unpaired) electrons. The van der Waals surface area contributed by atoms with E-state index in [9.17, 15) is 34.2 Å². The van der Waals surface area contributed by atoms with Gasteiger partial charge in [-0.3, -0.25) is 9.59 Å². The minimum Gasteiger partial charge on any atom is -0.457 e. The number of benzene rings is 1. The maximum Gasteiger partial charge on any atom is 0.407 e. The Morgan fingerprint density at radius 3 is 2.18 bits per heavy atom. The topological polar surface area (TPSA) is 212 Å². The van der Waals surface area contributed by atoms with Gasteiger partial charge in [0.15, 0.2) is 24.1 Å². The molecule has 3 N–H and O–H groups in total. The van der Waals surface area contributed by atoms with Gasteiger partial charge in [-0.2, -0.15) is 0 Å². The van der Waals surface area contributed by atoms with E-state index >= 15 is 0 Å². The molecule has 1 aromatic carbocycles. The molecule has 6 unspecified atom stereocenters. The van der Waals surface area contributed by atoms with Gasteiger partial charge < -0.3 is 53.4 Å². The lowest BCUT2D eigenvalue weighted by Crippen LogP contribution is -2.80. The summed E-state index contributed by atoms with van der Waals surface area (Å²) in [6.45, 7) is 21.6. The van der Waals surface area contributed by atoms with Crippen LogP contribution in [0.15, 0.2) is 54.1 Å². The SMILES string of the molecule is C=C[C@@H]1OC2CC3OC[C@@]3(OC(C)=O)C3[C@H](OC(=O)c4ccccc4)[C@]4(C(C)(C)O)C[C@H](OC(=O)[C@H](O)C(CC(C)C)NC(=O)OC(C)(C)C)C(C)=C4[C@H](OC(C)=O)C(O1)C23C. The van der Waals surface area contributed by atoms with E-state index in [0.717, 1.165) is 0 Å². The van der Waals surface area contributed by atoms with Crippen LogP contribution in [-0.2, 0) is 52.3 Å². The van der Waals surface area contributed by atoms with Gasteiger partial charge in [0.25, 0.3) is 0 Å². The van der Waals surface area contributed by atoms with E-state index in [0.29, 0.717) is 5.57 Å². The average molecular weight is 870 g/mol. The van der Waals surface area contributed by atoms with Crippen LogP contribution in [0.25, 0.3) is 0 Å². The Morgan fingerprint density at radius 2 is 1.65 bits per heavy atom. The van der Waals surface area contributed by atoms with E-state index < -0.39 is 119 Å². The number of aliphatic hydroxyl groups is 2. The summed E-state index contributed by atoms with van der Waals surface area (Å²) in [6.07, 6.45) is -8.88. The van der Waals surface area contributed by atoms with Crippen molar-refractivity contribution in [2.24, 2.45) is 22.7 Å². The van der Waals surface area contributed by atoms with Crippen molar-refractivity contribution in [3.8, 4) is 0 Å². The molecular weight excluding hydrogens is 806 g/mol. The molecule has 6 rings (SSSR count). The molecular formula is C46H63NO15. The van der Waals surface area contributed by atoms with Gasteiger partial charge in [-0.25, -0.2) is 14.4 Å². The van der Waals surface area contributed by atoms with Crippen LogP contribution in [-0.4, -0.2) is 119 Å². The number of rotatable bonds is 12. The van der Waals surface area contributed by atoms with E-state index in [1.54, 1.807) is 58.0 Å². The third kappa shape index (κ3) is 8.28. The monoisotopic (exact) mass is 869 g/mol. The zero-order chi connectivity index (χ0) is 45.9. The Hall–Kier alpha value is -4.35. The molecule has 342 valence electrons. The molecule has 2 saturated carbocycles. The van der Waals surface area contributed by atoms with Crippen LogP contribution in [0.5, 0.6) is 0 Å². The van der Waals surface area contributed by atoms with Gasteiger partial charge in [0.05, 0.1) is 41.3 Å². The quantitative estimate of drug-likeness (QED) is 0.145. The molecule has 1 aromatic rings. The lowest BCUT2D eigenvalue weighted by Gasteiger charge is -2.67. The van der Waals surface area contributed by atoms with Crippen LogP contribution >= 0.6 is 0 Å². The fraction of sp³-hybridized carbons (Fsp3) is 0.674. The second-order valence-electron chi connectivity index (χ2n) is 19.5. The van der Waals surface area contributed by atoms with E-state index in [1.165, 1.54) is 33.8 Å². The summed E-state index contributed by atoms with van der Waals surface area (Å²) in [6, 6.07) is 7.11. The zero-order valence-corrected chi connectivity index (χ0v) is 37.6. The molecule has 2 heterocycles. The molecule has 1 amide bonds. The summed E-state index contributed by atoms with van der Waals surface area (Å²) in [5.41, 5.74) is -6.62. The fourth-order valence-electron chi connectivity index (χ4n) is 10.8. The van der Waals surface area contributed by atoms with E-state index in [1.807, 2.05) is 20.8 Å². The van der Waals surface area contributed by atoms with Gasteiger partial charge in [0, 0.05) is 32.1 Å². The minimum absolute atomic E-state index is 0.0845. The van der Waals surface area contributed by atoms with Crippen LogP contribution in [0, 0.1) is 22.7 Å². The predicted molar refractivity (Wildman–Crippen MR) is 220 cm³/mol. The highest BCUT2D eigenvalue weighted by molar-refractivity contribution is 5.89. The largest absolute Gasteiger partial charge is 0.457 e. The maximum atomic E-state index is 14.6. The van der Waals surface area contributed by atoms with Gasteiger partial charge >= 0.3 is 30.0 Å². The van der Waals surface area contributed by atoms with Crippen molar-refractivity contribution in [2.45, 2.75) is 167 Å². The first-order chi connectivity index (χ1) is 28.8. The Kier molecular flexibility index (Phi) is 12.9. The second kappa shape index (κ2) is 17.0. The van der Waals surface area contributed by atoms with Crippen molar-refractivity contribution in [3.63, 3.8) is 0 Å². The third-order valence-electron chi connectivity index (χ3n) is 13.3. The number of hydrogen-bond acceptors (Lipinski definition) is 15. The zero-order valence-electron chi connectivity index (χ0n) is 37.6. The summed E-state index contributed by atoms with van der Waals surface area (Å²) < 4.78 is 50.5. The number of carbonyl (C=O) groups is 5. The Labute approximate surface area is 362 Å². The number of fused-ring (bicyclic) bond motifs is 3. The van der Waals surface area contributed by atoms with Crippen molar-refractivity contribution >= 4 is 30.0 Å². The van der Waals surface area contributed by atoms with Gasteiger partial charge in [0.2, 0.25) is 0 Å². The first-order valence-corrected chi connectivity index (χ1v) is 21.3. The van der Waals surface area contributed by atoms with Crippen LogP contribution in [0.1, 0.15) is 106 Å². The fourth-order valence-corrected chi connectivity index (χ4v) is 10.8. The molecule has 3 aliphatic carbocycles. The number of amides is 1. The summed E-state index contributed by atoms with van der Waals surface area (Å²) in [5.74, 6) is -4.40. The van der Waals surface area contributed by atoms with Gasteiger partial charge in [0.1, 0.15) is 30.0 Å². The Morgan fingerprint density at radius 1 is 0.984 bits per heavy atom. The second-order valence-corrected chi connectivity index (χ2v) is 19.5. The molecule has 0 aromatic heterocycles. The van der Waals surface area contributed by atoms with E-state index in [2.05, 4.69) is 11.9 Å². The minimum atomic E-state index is -1.91. The summed E-state index contributed by atoms with van der Waals surface area (Å²) >= 11 is 0. The summed E-state index contributed by atoms with van der Waals surface area (Å²) in [5, 5.41) is 27.1. The van der Waals surface area contributed by atoms with Crippen molar-refractivity contribution in [1.82, 2.24) is 5.32 Å². The third-order valence-corrected chi connectivity index (χ3v) is 13.3. The highest BCUT2D eigenvalue weighted by Crippen LogP contribution is 2.70. The molecule has 0 bridgehead atoms. The molecule has 5 aliphatic rings. The van der Waals surface area contributed by atoms with Gasteiger partial charge in [-0.15, -0.1) is 0 Å². The van der Waals surface area contributed by atoms with Crippen LogP contribution < -0.4 is 5.32 Å². The highest BCUT2D eigenvalue weighted by Gasteiger charge is 2.81. The number of esters is 4. The lowest BCUT2D eigenvalue weighted by molar-refractivity contribution is -0.392.